The summed E-state index contributed by atoms with van der Waals surface area (Å²) in [5, 5.41) is 17.4. The zero-order valence-corrected chi connectivity index (χ0v) is 26.6. The Bertz CT molecular complexity index is 1300. The Balaban J connectivity index is 0.000000345. The number of ether oxygens (including phenoxy) is 3. The molecular formula is C36H44O10. The molecule has 0 aromatic heterocycles. The number of carboxylic acid groups (broad SMARTS) is 1. The maximum absolute atomic E-state index is 11.3. The quantitative estimate of drug-likeness (QED) is 0.123. The van der Waals surface area contributed by atoms with Crippen molar-refractivity contribution in [2.24, 2.45) is 17.8 Å². The van der Waals surface area contributed by atoms with Gasteiger partial charge in [-0.3, -0.25) is 19.2 Å². The van der Waals surface area contributed by atoms with Crippen LogP contribution in [0, 0.1) is 17.8 Å². The van der Waals surface area contributed by atoms with Crippen molar-refractivity contribution in [3.63, 3.8) is 0 Å². The molecule has 0 heterocycles. The van der Waals surface area contributed by atoms with Crippen LogP contribution in [0.1, 0.15) is 56.7 Å². The predicted octanol–water partition coefficient (Wildman–Crippen LogP) is 5.54. The van der Waals surface area contributed by atoms with E-state index in [0.29, 0.717) is 6.61 Å². The van der Waals surface area contributed by atoms with Crippen LogP contribution in [0.3, 0.4) is 0 Å². The van der Waals surface area contributed by atoms with Gasteiger partial charge < -0.3 is 29.2 Å². The lowest BCUT2D eigenvalue weighted by atomic mass is 10.1. The highest BCUT2D eigenvalue weighted by Crippen LogP contribution is 2.08. The molecule has 0 aliphatic rings. The van der Waals surface area contributed by atoms with Gasteiger partial charge in [0.05, 0.1) is 25.2 Å². The molecule has 0 radical (unpaired) electrons. The fourth-order valence-electron chi connectivity index (χ4n) is 3.39. The van der Waals surface area contributed by atoms with E-state index in [2.05, 4.69) is 0 Å². The van der Waals surface area contributed by atoms with E-state index in [-0.39, 0.29) is 62.9 Å². The summed E-state index contributed by atoms with van der Waals surface area (Å²) in [7, 11) is 0. The number of benzene rings is 3. The highest BCUT2D eigenvalue weighted by atomic mass is 16.5. The first kappa shape index (κ1) is 39.2. The van der Waals surface area contributed by atoms with Crippen LogP contribution in [0.25, 0.3) is 0 Å². The van der Waals surface area contributed by atoms with Crippen molar-refractivity contribution in [1.29, 1.82) is 0 Å². The van der Waals surface area contributed by atoms with E-state index in [4.69, 9.17) is 24.4 Å². The first-order valence-corrected chi connectivity index (χ1v) is 14.9. The summed E-state index contributed by atoms with van der Waals surface area (Å²) in [5.41, 5.74) is 2.81. The van der Waals surface area contributed by atoms with Crippen LogP contribution in [0.15, 0.2) is 91.0 Å². The van der Waals surface area contributed by atoms with Crippen LogP contribution in [0.4, 0.5) is 0 Å². The molecule has 3 rings (SSSR count). The number of carbonyl (C=O) groups is 5. The monoisotopic (exact) mass is 636 g/mol. The van der Waals surface area contributed by atoms with Gasteiger partial charge in [-0.1, -0.05) is 112 Å². The second-order valence-electron chi connectivity index (χ2n) is 10.7. The van der Waals surface area contributed by atoms with Crippen LogP contribution < -0.4 is 0 Å². The number of aldehydes is 1. The molecule has 0 saturated heterocycles. The van der Waals surface area contributed by atoms with E-state index in [9.17, 15) is 24.0 Å². The molecule has 0 amide bonds. The number of aliphatic hydroxyl groups excluding tert-OH is 1. The Labute approximate surface area is 270 Å². The predicted molar refractivity (Wildman–Crippen MR) is 171 cm³/mol. The minimum atomic E-state index is -0.989. The van der Waals surface area contributed by atoms with Gasteiger partial charge in [0.25, 0.3) is 0 Å². The molecule has 0 fully saturated rings. The van der Waals surface area contributed by atoms with Gasteiger partial charge in [0, 0.05) is 12.5 Å². The third kappa shape index (κ3) is 19.4. The lowest BCUT2D eigenvalue weighted by Gasteiger charge is -2.08. The fourth-order valence-corrected chi connectivity index (χ4v) is 3.39. The summed E-state index contributed by atoms with van der Waals surface area (Å²) < 4.78 is 15.0. The number of aliphatic hydroxyl groups is 1. The van der Waals surface area contributed by atoms with Gasteiger partial charge in [-0.2, -0.15) is 0 Å². The van der Waals surface area contributed by atoms with Gasteiger partial charge in [-0.25, -0.2) is 0 Å². The average molecular weight is 637 g/mol. The van der Waals surface area contributed by atoms with Crippen molar-refractivity contribution in [3.05, 3.63) is 108 Å². The molecule has 248 valence electrons. The van der Waals surface area contributed by atoms with Crippen molar-refractivity contribution in [2.45, 2.75) is 59.9 Å². The lowest BCUT2D eigenvalue weighted by molar-refractivity contribution is -0.151. The zero-order chi connectivity index (χ0) is 34.2. The van der Waals surface area contributed by atoms with Gasteiger partial charge in [0.2, 0.25) is 0 Å². The van der Waals surface area contributed by atoms with Gasteiger partial charge in [0.15, 0.2) is 0 Å². The van der Waals surface area contributed by atoms with E-state index in [1.54, 1.807) is 6.92 Å². The lowest BCUT2D eigenvalue weighted by Crippen LogP contribution is -2.16. The number of carbonyl (C=O) groups excluding carboxylic acids is 4. The Morgan fingerprint density at radius 2 is 0.957 bits per heavy atom. The van der Waals surface area contributed by atoms with Crippen molar-refractivity contribution in [3.8, 4) is 0 Å². The van der Waals surface area contributed by atoms with Crippen LogP contribution in [-0.4, -0.2) is 47.0 Å². The molecule has 0 aliphatic carbocycles. The maximum atomic E-state index is 11.3. The number of carboxylic acids is 1. The highest BCUT2D eigenvalue weighted by Gasteiger charge is 2.16. The molecule has 0 spiro atoms. The Morgan fingerprint density at radius 1 is 0.609 bits per heavy atom. The van der Waals surface area contributed by atoms with E-state index in [0.717, 1.165) is 23.0 Å². The van der Waals surface area contributed by atoms with E-state index in [1.165, 1.54) is 6.92 Å². The first-order valence-electron chi connectivity index (χ1n) is 14.9. The molecule has 10 heteroatoms. The summed E-state index contributed by atoms with van der Waals surface area (Å²) in [5.74, 6) is -3.08. The maximum Gasteiger partial charge on any atom is 0.306 e. The van der Waals surface area contributed by atoms with Crippen molar-refractivity contribution < 1.29 is 48.4 Å². The van der Waals surface area contributed by atoms with Gasteiger partial charge in [-0.15, -0.1) is 0 Å². The summed E-state index contributed by atoms with van der Waals surface area (Å²) in [6.45, 7) is 5.75. The molecular weight excluding hydrogens is 592 g/mol. The van der Waals surface area contributed by atoms with Crippen molar-refractivity contribution in [1.82, 2.24) is 0 Å². The number of rotatable bonds is 15. The average Bonchev–Trinajstić information content (AvgIpc) is 3.07. The summed E-state index contributed by atoms with van der Waals surface area (Å²) >= 11 is 0. The highest BCUT2D eigenvalue weighted by molar-refractivity contribution is 5.78. The van der Waals surface area contributed by atoms with E-state index >= 15 is 0 Å². The first-order chi connectivity index (χ1) is 22.0. The van der Waals surface area contributed by atoms with Gasteiger partial charge in [-0.05, 0) is 22.6 Å². The van der Waals surface area contributed by atoms with Gasteiger partial charge in [0.1, 0.15) is 26.1 Å². The SMILES string of the molecule is C[C@@H](CC(=O)OCc1ccccc1)C(=O)O.C[C@H](C=O)CC(=O)OCc1ccccc1.C[C@H](CO)CC(=O)OCc1ccccc1. The van der Waals surface area contributed by atoms with Crippen LogP contribution in [0.5, 0.6) is 0 Å². The number of aliphatic carboxylic acids is 1. The van der Waals surface area contributed by atoms with Crippen LogP contribution in [0.2, 0.25) is 0 Å². The zero-order valence-electron chi connectivity index (χ0n) is 26.6. The summed E-state index contributed by atoms with van der Waals surface area (Å²) in [6.07, 6.45) is 1.08. The molecule has 3 atom stereocenters. The molecule has 0 aliphatic heterocycles. The molecule has 0 unspecified atom stereocenters. The van der Waals surface area contributed by atoms with Gasteiger partial charge >= 0.3 is 23.9 Å². The topological polar surface area (TPSA) is 154 Å². The largest absolute Gasteiger partial charge is 0.481 e. The molecule has 46 heavy (non-hydrogen) atoms. The standard InChI is InChI=1S/C12H14O4.C12H16O3.C12H14O3/c1-9(12(14)15)7-11(13)16-8-10-5-3-2-4-6-10;2*1-10(8-13)7-12(14)15-9-11-5-3-2-4-6-11/h2-6,9H,7-8H2,1H3,(H,14,15);2-6,10,13H,7-9H2,1H3;2-6,8,10H,7,9H2,1H3/t9-;2*10-/m000/s1. The number of hydrogen-bond donors (Lipinski definition) is 2. The normalized spacial score (nSPS) is 11.9. The minimum absolute atomic E-state index is 0.0143. The number of hydrogen-bond acceptors (Lipinski definition) is 9. The van der Waals surface area contributed by atoms with Crippen LogP contribution in [-0.2, 0) is 58.0 Å². The van der Waals surface area contributed by atoms with E-state index < -0.39 is 17.9 Å². The molecule has 2 N–H and O–H groups in total. The number of esters is 3. The Hall–Kier alpha value is -4.83. The smallest absolute Gasteiger partial charge is 0.306 e. The summed E-state index contributed by atoms with van der Waals surface area (Å²) in [6, 6.07) is 28.2. The van der Waals surface area contributed by atoms with E-state index in [1.807, 2.05) is 97.9 Å². The molecule has 0 bridgehead atoms. The third-order valence-corrected chi connectivity index (χ3v) is 6.17. The fraction of sp³-hybridized carbons (Fsp3) is 0.361. The third-order valence-electron chi connectivity index (χ3n) is 6.17. The van der Waals surface area contributed by atoms with Crippen molar-refractivity contribution >= 4 is 30.2 Å². The van der Waals surface area contributed by atoms with Crippen LogP contribution >= 0.6 is 0 Å². The minimum Gasteiger partial charge on any atom is -0.481 e. The second-order valence-corrected chi connectivity index (χ2v) is 10.7. The Morgan fingerprint density at radius 3 is 1.28 bits per heavy atom. The second kappa shape index (κ2) is 23.5. The Kier molecular flexibility index (Phi) is 20.1. The molecule has 3 aromatic carbocycles. The summed E-state index contributed by atoms with van der Waals surface area (Å²) in [4.78, 5) is 54.5. The molecule has 10 nitrogen and oxygen atoms in total. The molecule has 0 saturated carbocycles. The molecule has 3 aromatic rings. The van der Waals surface area contributed by atoms with Crippen molar-refractivity contribution in [2.75, 3.05) is 6.61 Å².